The highest BCUT2D eigenvalue weighted by Crippen LogP contribution is 2.32. The first-order valence-electron chi connectivity index (χ1n) is 12.3. The third kappa shape index (κ3) is 6.22. The zero-order chi connectivity index (χ0) is 25.7. The van der Waals surface area contributed by atoms with Crippen molar-refractivity contribution in [2.75, 3.05) is 25.1 Å². The number of para-hydroxylation sites is 1. The van der Waals surface area contributed by atoms with Gasteiger partial charge in [0.15, 0.2) is 0 Å². The monoisotopic (exact) mass is 492 g/mol. The Hall–Kier alpha value is -3.42. The van der Waals surface area contributed by atoms with Gasteiger partial charge in [0.2, 0.25) is 0 Å². The normalized spacial score (nSPS) is 16.1. The van der Waals surface area contributed by atoms with Gasteiger partial charge < -0.3 is 25.2 Å². The van der Waals surface area contributed by atoms with E-state index in [2.05, 4.69) is 4.90 Å². The second-order valence-corrected chi connectivity index (χ2v) is 9.37. The van der Waals surface area contributed by atoms with Gasteiger partial charge in [-0.2, -0.15) is 0 Å². The smallest absolute Gasteiger partial charge is 0.307 e. The number of anilines is 1. The number of likely N-dealkylation sites (N-methyl/N-ethyl adjacent to an activating group) is 1. The molecular weight excluding hydrogens is 459 g/mol. The van der Waals surface area contributed by atoms with Crippen LogP contribution in [0.15, 0.2) is 60.7 Å². The van der Waals surface area contributed by atoms with Crippen molar-refractivity contribution in [3.63, 3.8) is 0 Å². The minimum Gasteiger partial charge on any atom is -0.489 e. The molecule has 2 atom stereocenters. The van der Waals surface area contributed by atoms with Crippen molar-refractivity contribution < 1.29 is 23.8 Å². The Morgan fingerprint density at radius 1 is 1.22 bits per heavy atom. The second kappa shape index (κ2) is 11.5. The van der Waals surface area contributed by atoms with E-state index in [1.54, 1.807) is 37.3 Å². The molecule has 36 heavy (non-hydrogen) atoms. The van der Waals surface area contributed by atoms with Crippen LogP contribution in [-0.2, 0) is 22.6 Å². The van der Waals surface area contributed by atoms with Crippen molar-refractivity contribution in [3.8, 4) is 16.9 Å². The molecule has 4 rings (SSSR count). The number of rotatable bonds is 10. The topological polar surface area (TPSA) is 85.0 Å². The Labute approximate surface area is 211 Å². The maximum Gasteiger partial charge on any atom is 0.307 e. The molecule has 1 aliphatic rings. The summed E-state index contributed by atoms with van der Waals surface area (Å²) in [7, 11) is 2.00. The predicted octanol–water partition coefficient (Wildman–Crippen LogP) is 5.33. The van der Waals surface area contributed by atoms with Crippen LogP contribution in [0.2, 0.25) is 0 Å². The molecule has 6 nitrogen and oxygen atoms in total. The van der Waals surface area contributed by atoms with Gasteiger partial charge in [-0.25, -0.2) is 4.39 Å². The average molecular weight is 493 g/mol. The molecule has 3 aromatic rings. The van der Waals surface area contributed by atoms with Crippen molar-refractivity contribution in [1.29, 1.82) is 0 Å². The number of carbonyl (C=O) groups is 1. The van der Waals surface area contributed by atoms with Crippen molar-refractivity contribution in [3.05, 3.63) is 83.2 Å². The zero-order valence-electron chi connectivity index (χ0n) is 20.7. The van der Waals surface area contributed by atoms with E-state index in [-0.39, 0.29) is 24.9 Å². The maximum absolute atomic E-state index is 15.4. The van der Waals surface area contributed by atoms with Crippen LogP contribution in [0.5, 0.6) is 5.75 Å². The summed E-state index contributed by atoms with van der Waals surface area (Å²) in [4.78, 5) is 13.4. The molecule has 3 N–H and O–H groups in total. The summed E-state index contributed by atoms with van der Waals surface area (Å²) in [5.74, 6) is -0.731. The lowest BCUT2D eigenvalue weighted by atomic mass is 9.97. The zero-order valence-corrected chi connectivity index (χ0v) is 20.7. The minimum absolute atomic E-state index is 0.124. The van der Waals surface area contributed by atoms with Gasteiger partial charge in [0.1, 0.15) is 18.2 Å². The molecule has 0 spiro atoms. The van der Waals surface area contributed by atoms with Crippen molar-refractivity contribution >= 4 is 11.7 Å². The second-order valence-electron chi connectivity index (χ2n) is 9.37. The number of hydrogen-bond donors (Lipinski definition) is 2. The number of carboxylic acid groups (broad SMARTS) is 1. The molecule has 0 bridgehead atoms. The number of carboxylic acids is 1. The van der Waals surface area contributed by atoms with Crippen LogP contribution < -0.4 is 15.4 Å². The lowest BCUT2D eigenvalue weighted by molar-refractivity contribution is -0.136. The molecule has 7 heteroatoms. The number of ether oxygens (including phenoxy) is 2. The average Bonchev–Trinajstić information content (AvgIpc) is 3.36. The lowest BCUT2D eigenvalue weighted by Gasteiger charge is -2.24. The van der Waals surface area contributed by atoms with Crippen LogP contribution in [0, 0.1) is 5.82 Å². The highest BCUT2D eigenvalue weighted by Gasteiger charge is 2.20. The van der Waals surface area contributed by atoms with Crippen molar-refractivity contribution in [2.24, 2.45) is 5.73 Å². The fraction of sp³-hybridized carbons (Fsp3) is 0.345. The number of halogens is 1. The Morgan fingerprint density at radius 3 is 2.75 bits per heavy atom. The van der Waals surface area contributed by atoms with Crippen LogP contribution in [0.4, 0.5) is 10.1 Å². The first kappa shape index (κ1) is 25.7. The Kier molecular flexibility index (Phi) is 8.23. The van der Waals surface area contributed by atoms with Gasteiger partial charge in [0.25, 0.3) is 0 Å². The molecular formula is C29H33FN2O4. The number of benzene rings is 3. The Morgan fingerprint density at radius 2 is 2.03 bits per heavy atom. The summed E-state index contributed by atoms with van der Waals surface area (Å²) < 4.78 is 27.3. The number of nitrogens with zero attached hydrogens (tertiary/aromatic N) is 1. The van der Waals surface area contributed by atoms with E-state index in [1.165, 1.54) is 0 Å². The molecule has 1 saturated heterocycles. The van der Waals surface area contributed by atoms with Crippen LogP contribution in [0.1, 0.15) is 42.5 Å². The summed E-state index contributed by atoms with van der Waals surface area (Å²) in [6.07, 6.45) is 2.12. The fourth-order valence-electron chi connectivity index (χ4n) is 4.57. The van der Waals surface area contributed by atoms with E-state index in [1.807, 2.05) is 37.4 Å². The molecule has 0 unspecified atom stereocenters. The molecule has 0 amide bonds. The van der Waals surface area contributed by atoms with Crippen LogP contribution >= 0.6 is 0 Å². The number of nitrogens with two attached hydrogens (primary N) is 1. The molecule has 0 aliphatic carbocycles. The molecule has 1 fully saturated rings. The maximum atomic E-state index is 15.4. The fourth-order valence-corrected chi connectivity index (χ4v) is 4.57. The molecule has 0 radical (unpaired) electrons. The summed E-state index contributed by atoms with van der Waals surface area (Å²) in [5, 5.41) is 9.23. The van der Waals surface area contributed by atoms with E-state index in [0.29, 0.717) is 22.4 Å². The van der Waals surface area contributed by atoms with E-state index in [9.17, 15) is 9.90 Å². The quantitative estimate of drug-likeness (QED) is 0.398. The van der Waals surface area contributed by atoms with Gasteiger partial charge in [0, 0.05) is 48.6 Å². The van der Waals surface area contributed by atoms with E-state index >= 15 is 4.39 Å². The van der Waals surface area contributed by atoms with Gasteiger partial charge in [0.05, 0.1) is 12.5 Å². The summed E-state index contributed by atoms with van der Waals surface area (Å²) in [6, 6.07) is 17.9. The van der Waals surface area contributed by atoms with E-state index in [0.717, 1.165) is 42.8 Å². The number of aliphatic carboxylic acids is 1. The van der Waals surface area contributed by atoms with Gasteiger partial charge >= 0.3 is 5.97 Å². The van der Waals surface area contributed by atoms with E-state index < -0.39 is 12.0 Å². The number of hydrogen-bond acceptors (Lipinski definition) is 5. The van der Waals surface area contributed by atoms with Crippen LogP contribution in [0.3, 0.4) is 0 Å². The minimum atomic E-state index is -0.921. The van der Waals surface area contributed by atoms with Crippen molar-refractivity contribution in [2.45, 2.75) is 44.9 Å². The van der Waals surface area contributed by atoms with Gasteiger partial charge in [-0.05, 0) is 55.2 Å². The first-order valence-corrected chi connectivity index (χ1v) is 12.3. The largest absolute Gasteiger partial charge is 0.489 e. The molecule has 0 aromatic heterocycles. The summed E-state index contributed by atoms with van der Waals surface area (Å²) in [6.45, 7) is 3.48. The van der Waals surface area contributed by atoms with E-state index in [4.69, 9.17) is 15.2 Å². The molecule has 1 heterocycles. The van der Waals surface area contributed by atoms with Gasteiger partial charge in [-0.1, -0.05) is 36.4 Å². The van der Waals surface area contributed by atoms with Crippen molar-refractivity contribution in [1.82, 2.24) is 0 Å². The summed E-state index contributed by atoms with van der Waals surface area (Å²) in [5.41, 5.74) is 10.0. The van der Waals surface area contributed by atoms with Gasteiger partial charge in [-0.3, -0.25) is 4.79 Å². The Balaban J connectivity index is 1.67. The highest BCUT2D eigenvalue weighted by molar-refractivity contribution is 5.72. The standard InChI is InChI=1S/C29H33FN2O4/c1-19(31)25-9-5-10-26(29(25)30)22-13-20(14-23(15-22)32(2)17-24-8-6-12-35-24)18-36-27-11-4-3-7-21(27)16-28(33)34/h3-5,7,9-11,13-15,19,24H,6,8,12,16-18,31H2,1-2H3,(H,33,34)/t19-,24-/m1/s1. The van der Waals surface area contributed by atoms with Crippen LogP contribution in [-0.4, -0.2) is 37.4 Å². The highest BCUT2D eigenvalue weighted by atomic mass is 19.1. The first-order chi connectivity index (χ1) is 17.3. The molecule has 3 aromatic carbocycles. The molecule has 190 valence electrons. The third-order valence-corrected chi connectivity index (χ3v) is 6.46. The summed E-state index contributed by atoms with van der Waals surface area (Å²) >= 11 is 0. The predicted molar refractivity (Wildman–Crippen MR) is 139 cm³/mol. The lowest BCUT2D eigenvalue weighted by Crippen LogP contribution is -2.28. The SMILES string of the molecule is C[C@@H](N)c1cccc(-c2cc(COc3ccccc3CC(=O)O)cc(N(C)C[C@H]3CCCO3)c2)c1F. The third-order valence-electron chi connectivity index (χ3n) is 6.46. The molecule has 0 saturated carbocycles. The Bertz CT molecular complexity index is 1210. The molecule has 1 aliphatic heterocycles. The van der Waals surface area contributed by atoms with Crippen LogP contribution in [0.25, 0.3) is 11.1 Å². The van der Waals surface area contributed by atoms with Gasteiger partial charge in [-0.15, -0.1) is 0 Å².